The van der Waals surface area contributed by atoms with Gasteiger partial charge in [0.15, 0.2) is 0 Å². The van der Waals surface area contributed by atoms with E-state index in [2.05, 4.69) is 14.7 Å². The lowest BCUT2D eigenvalue weighted by Gasteiger charge is -2.12. The Labute approximate surface area is 95.8 Å². The van der Waals surface area contributed by atoms with Gasteiger partial charge in [-0.05, 0) is 13.0 Å². The zero-order valence-electron chi connectivity index (χ0n) is 9.85. The van der Waals surface area contributed by atoms with Crippen LogP contribution in [0.25, 0.3) is 0 Å². The van der Waals surface area contributed by atoms with Crippen molar-refractivity contribution in [2.45, 2.75) is 13.5 Å². The van der Waals surface area contributed by atoms with Gasteiger partial charge in [-0.3, -0.25) is 0 Å². The summed E-state index contributed by atoms with van der Waals surface area (Å²) in [5.74, 6) is 0.574. The molecule has 1 heterocycles. The Balaban J connectivity index is 2.89. The first-order valence-corrected chi connectivity index (χ1v) is 6.63. The number of aryl methyl sites for hydroxylation is 1. The predicted octanol–water partition coefficient (Wildman–Crippen LogP) is -0.0998. The molecular formula is C9H16N4O2S. The maximum Gasteiger partial charge on any atom is 0.225 e. The van der Waals surface area contributed by atoms with E-state index in [4.69, 9.17) is 0 Å². The SMILES string of the molecule is Cc1cc(CNS(C)(=O)=O)nc(N(C)C)n1. The monoisotopic (exact) mass is 244 g/mol. The lowest BCUT2D eigenvalue weighted by atomic mass is 10.3. The topological polar surface area (TPSA) is 75.2 Å². The fourth-order valence-corrected chi connectivity index (χ4v) is 1.52. The fourth-order valence-electron chi connectivity index (χ4n) is 1.11. The first kappa shape index (κ1) is 12.9. The van der Waals surface area contributed by atoms with E-state index in [-0.39, 0.29) is 6.54 Å². The summed E-state index contributed by atoms with van der Waals surface area (Å²) in [5, 5.41) is 0. The molecule has 6 nitrogen and oxygen atoms in total. The molecule has 0 radical (unpaired) electrons. The number of hydrogen-bond donors (Lipinski definition) is 1. The molecule has 0 aliphatic rings. The molecule has 1 N–H and O–H groups in total. The van der Waals surface area contributed by atoms with Gasteiger partial charge in [-0.2, -0.15) is 0 Å². The van der Waals surface area contributed by atoms with Gasteiger partial charge in [0.25, 0.3) is 0 Å². The van der Waals surface area contributed by atoms with Crippen LogP contribution in [0.3, 0.4) is 0 Å². The predicted molar refractivity (Wildman–Crippen MR) is 62.8 cm³/mol. The second kappa shape index (κ2) is 4.75. The minimum absolute atomic E-state index is 0.184. The summed E-state index contributed by atoms with van der Waals surface area (Å²) < 4.78 is 24.3. The molecule has 0 bridgehead atoms. The van der Waals surface area contributed by atoms with Gasteiger partial charge in [-0.1, -0.05) is 0 Å². The summed E-state index contributed by atoms with van der Waals surface area (Å²) in [4.78, 5) is 10.2. The van der Waals surface area contributed by atoms with Crippen molar-refractivity contribution in [1.29, 1.82) is 0 Å². The number of nitrogens with one attached hydrogen (secondary N) is 1. The highest BCUT2D eigenvalue weighted by Gasteiger charge is 2.06. The highest BCUT2D eigenvalue weighted by molar-refractivity contribution is 7.88. The summed E-state index contributed by atoms with van der Waals surface area (Å²) in [6.07, 6.45) is 1.12. The van der Waals surface area contributed by atoms with Gasteiger partial charge in [-0.25, -0.2) is 23.1 Å². The molecule has 0 atom stereocenters. The average Bonchev–Trinajstić information content (AvgIpc) is 2.13. The first-order valence-electron chi connectivity index (χ1n) is 4.74. The van der Waals surface area contributed by atoms with Gasteiger partial charge < -0.3 is 4.90 Å². The molecule has 1 aromatic rings. The lowest BCUT2D eigenvalue weighted by molar-refractivity contribution is 0.586. The van der Waals surface area contributed by atoms with Crippen molar-refractivity contribution in [3.8, 4) is 0 Å². The van der Waals surface area contributed by atoms with Crippen molar-refractivity contribution in [1.82, 2.24) is 14.7 Å². The minimum Gasteiger partial charge on any atom is -0.347 e. The number of rotatable bonds is 4. The molecule has 0 aliphatic heterocycles. The Bertz CT molecular complexity index is 470. The van der Waals surface area contributed by atoms with Crippen LogP contribution in [-0.2, 0) is 16.6 Å². The van der Waals surface area contributed by atoms with E-state index in [0.717, 1.165) is 11.9 Å². The zero-order chi connectivity index (χ0) is 12.3. The Hall–Kier alpha value is -1.21. The van der Waals surface area contributed by atoms with Crippen LogP contribution >= 0.6 is 0 Å². The Kier molecular flexibility index (Phi) is 3.82. The van der Waals surface area contributed by atoms with Crippen molar-refractivity contribution in [2.24, 2.45) is 0 Å². The van der Waals surface area contributed by atoms with Gasteiger partial charge in [-0.15, -0.1) is 0 Å². The van der Waals surface area contributed by atoms with Crippen LogP contribution in [0.1, 0.15) is 11.4 Å². The second-order valence-corrected chi connectivity index (χ2v) is 5.62. The molecule has 90 valence electrons. The molecule has 0 fully saturated rings. The molecule has 7 heteroatoms. The summed E-state index contributed by atoms with van der Waals surface area (Å²) >= 11 is 0. The van der Waals surface area contributed by atoms with Gasteiger partial charge in [0.2, 0.25) is 16.0 Å². The van der Waals surface area contributed by atoms with Crippen LogP contribution in [0.4, 0.5) is 5.95 Å². The molecule has 16 heavy (non-hydrogen) atoms. The lowest BCUT2D eigenvalue weighted by Crippen LogP contribution is -2.23. The van der Waals surface area contributed by atoms with Crippen molar-refractivity contribution in [3.63, 3.8) is 0 Å². The van der Waals surface area contributed by atoms with Crippen LogP contribution < -0.4 is 9.62 Å². The number of sulfonamides is 1. The molecule has 0 aromatic carbocycles. The maximum atomic E-state index is 10.9. The molecule has 0 amide bonds. The van der Waals surface area contributed by atoms with Crippen molar-refractivity contribution >= 4 is 16.0 Å². The fraction of sp³-hybridized carbons (Fsp3) is 0.556. The Morgan fingerprint density at radius 2 is 2.00 bits per heavy atom. The van der Waals surface area contributed by atoms with Crippen LogP contribution in [-0.4, -0.2) is 38.7 Å². The quantitative estimate of drug-likeness (QED) is 0.800. The summed E-state index contributed by atoms with van der Waals surface area (Å²) in [6.45, 7) is 2.03. The third kappa shape index (κ3) is 4.11. The van der Waals surface area contributed by atoms with E-state index in [1.54, 1.807) is 11.0 Å². The maximum absolute atomic E-state index is 10.9. The van der Waals surface area contributed by atoms with Crippen molar-refractivity contribution < 1.29 is 8.42 Å². The molecule has 0 saturated heterocycles. The van der Waals surface area contributed by atoms with Crippen LogP contribution in [0.15, 0.2) is 6.07 Å². The van der Waals surface area contributed by atoms with Crippen molar-refractivity contribution in [3.05, 3.63) is 17.5 Å². The van der Waals surface area contributed by atoms with Crippen LogP contribution in [0.2, 0.25) is 0 Å². The largest absolute Gasteiger partial charge is 0.347 e. The third-order valence-corrected chi connectivity index (χ3v) is 2.48. The molecule has 1 rings (SSSR count). The first-order chi connectivity index (χ1) is 7.28. The van der Waals surface area contributed by atoms with E-state index in [9.17, 15) is 8.42 Å². The smallest absolute Gasteiger partial charge is 0.225 e. The van der Waals surface area contributed by atoms with Gasteiger partial charge >= 0.3 is 0 Å². The minimum atomic E-state index is -3.19. The summed E-state index contributed by atoms with van der Waals surface area (Å²) in [6, 6.07) is 1.76. The molecule has 0 spiro atoms. The molecule has 0 saturated carbocycles. The van der Waals surface area contributed by atoms with E-state index in [0.29, 0.717) is 11.6 Å². The molecule has 0 aliphatic carbocycles. The highest BCUT2D eigenvalue weighted by Crippen LogP contribution is 2.07. The zero-order valence-corrected chi connectivity index (χ0v) is 10.7. The van der Waals surface area contributed by atoms with E-state index in [1.807, 2.05) is 21.0 Å². The van der Waals surface area contributed by atoms with Gasteiger partial charge in [0, 0.05) is 19.8 Å². The normalized spacial score (nSPS) is 11.5. The average molecular weight is 244 g/mol. The highest BCUT2D eigenvalue weighted by atomic mass is 32.2. The Morgan fingerprint density at radius 3 is 2.50 bits per heavy atom. The number of anilines is 1. The van der Waals surface area contributed by atoms with Crippen molar-refractivity contribution in [2.75, 3.05) is 25.3 Å². The van der Waals surface area contributed by atoms with E-state index in [1.165, 1.54) is 0 Å². The number of aromatic nitrogens is 2. The third-order valence-electron chi connectivity index (χ3n) is 1.81. The summed E-state index contributed by atoms with van der Waals surface area (Å²) in [7, 11) is 0.479. The second-order valence-electron chi connectivity index (χ2n) is 3.79. The van der Waals surface area contributed by atoms with E-state index < -0.39 is 10.0 Å². The summed E-state index contributed by atoms with van der Waals surface area (Å²) in [5.41, 5.74) is 1.46. The number of nitrogens with zero attached hydrogens (tertiary/aromatic N) is 3. The van der Waals surface area contributed by atoms with Gasteiger partial charge in [0.1, 0.15) is 0 Å². The van der Waals surface area contributed by atoms with Gasteiger partial charge in [0.05, 0.1) is 18.5 Å². The number of hydrogen-bond acceptors (Lipinski definition) is 5. The van der Waals surface area contributed by atoms with Crippen LogP contribution in [0.5, 0.6) is 0 Å². The molecule has 1 aromatic heterocycles. The molecular weight excluding hydrogens is 228 g/mol. The standard InChI is InChI=1S/C9H16N4O2S/c1-7-5-8(6-10-16(4,14)15)12-9(11-7)13(2)3/h5,10H,6H2,1-4H3. The Morgan fingerprint density at radius 1 is 1.38 bits per heavy atom. The van der Waals surface area contributed by atoms with E-state index >= 15 is 0 Å². The molecule has 0 unspecified atom stereocenters. The van der Waals surface area contributed by atoms with Crippen LogP contribution in [0, 0.1) is 6.92 Å².